The average molecular weight is 192 g/mol. The van der Waals surface area contributed by atoms with E-state index in [0.29, 0.717) is 0 Å². The molecular weight excluding hydrogens is 176 g/mol. The summed E-state index contributed by atoms with van der Waals surface area (Å²) in [5.74, 6) is 0. The summed E-state index contributed by atoms with van der Waals surface area (Å²) in [5.41, 5.74) is -1.32. The normalized spacial score (nSPS) is 19.2. The molecule has 0 aromatic carbocycles. The molecule has 0 aliphatic rings. The van der Waals surface area contributed by atoms with Crippen LogP contribution in [0.3, 0.4) is 0 Å². The first-order chi connectivity index (χ1) is 5.84. The molecule has 13 heavy (non-hydrogen) atoms. The van der Waals surface area contributed by atoms with Crippen molar-refractivity contribution in [3.63, 3.8) is 0 Å². The number of carbonyl (C=O) groups excluding carboxylic acids is 1. The lowest BCUT2D eigenvalue weighted by Gasteiger charge is -2.32. The highest BCUT2D eigenvalue weighted by molar-refractivity contribution is 5.56. The maximum atomic E-state index is 10.1. The molecule has 3 N–H and O–H groups in total. The van der Waals surface area contributed by atoms with Gasteiger partial charge in [0.15, 0.2) is 6.29 Å². The van der Waals surface area contributed by atoms with E-state index in [-0.39, 0.29) is 6.29 Å². The highest BCUT2D eigenvalue weighted by atomic mass is 16.5. The van der Waals surface area contributed by atoms with Crippen molar-refractivity contribution in [1.29, 1.82) is 0 Å². The molecule has 0 saturated carbocycles. The topological polar surface area (TPSA) is 87.0 Å². The second kappa shape index (κ2) is 4.66. The van der Waals surface area contributed by atoms with Gasteiger partial charge in [0.05, 0.1) is 5.60 Å². The molecule has 0 fully saturated rings. The van der Waals surface area contributed by atoms with Gasteiger partial charge in [-0.2, -0.15) is 0 Å². The zero-order valence-electron chi connectivity index (χ0n) is 7.97. The van der Waals surface area contributed by atoms with E-state index in [1.807, 2.05) is 0 Å². The van der Waals surface area contributed by atoms with E-state index < -0.39 is 23.9 Å². The summed E-state index contributed by atoms with van der Waals surface area (Å²) >= 11 is 0. The quantitative estimate of drug-likeness (QED) is 0.471. The molecular formula is C8H16O5. The summed E-state index contributed by atoms with van der Waals surface area (Å²) in [6, 6.07) is 0. The zero-order valence-corrected chi connectivity index (χ0v) is 7.97. The number of aliphatic hydroxyl groups is 3. The molecule has 0 heterocycles. The lowest BCUT2D eigenvalue weighted by Crippen LogP contribution is -2.51. The molecule has 0 aliphatic carbocycles. The molecule has 5 heteroatoms. The van der Waals surface area contributed by atoms with Crippen molar-refractivity contribution in [3.8, 4) is 0 Å². The molecule has 0 saturated heterocycles. The summed E-state index contributed by atoms with van der Waals surface area (Å²) in [5, 5.41) is 27.8. The smallest absolute Gasteiger partial charge is 0.151 e. The third-order valence-corrected chi connectivity index (χ3v) is 1.75. The Morgan fingerprint density at radius 3 is 2.08 bits per heavy atom. The second-order valence-electron chi connectivity index (χ2n) is 3.43. The van der Waals surface area contributed by atoms with Crippen molar-refractivity contribution in [2.75, 3.05) is 7.11 Å². The van der Waals surface area contributed by atoms with Gasteiger partial charge >= 0.3 is 0 Å². The molecule has 0 aliphatic heterocycles. The van der Waals surface area contributed by atoms with Crippen LogP contribution in [0.2, 0.25) is 0 Å². The number of aldehydes is 1. The number of aliphatic hydroxyl groups excluding tert-OH is 2. The molecule has 0 aromatic rings. The van der Waals surface area contributed by atoms with Gasteiger partial charge in [-0.15, -0.1) is 0 Å². The first-order valence-electron chi connectivity index (χ1n) is 3.91. The highest BCUT2D eigenvalue weighted by Gasteiger charge is 2.36. The fourth-order valence-electron chi connectivity index (χ4n) is 1.11. The molecule has 0 amide bonds. The van der Waals surface area contributed by atoms with Crippen LogP contribution in [0.4, 0.5) is 0 Å². The van der Waals surface area contributed by atoms with Crippen LogP contribution < -0.4 is 0 Å². The predicted octanol–water partition coefficient (Wildman–Crippen LogP) is -1.31. The largest absolute Gasteiger partial charge is 0.388 e. The van der Waals surface area contributed by atoms with Crippen LogP contribution in [0.5, 0.6) is 0 Å². The van der Waals surface area contributed by atoms with Crippen LogP contribution >= 0.6 is 0 Å². The summed E-state index contributed by atoms with van der Waals surface area (Å²) in [4.78, 5) is 10.1. The Kier molecular flexibility index (Phi) is 4.49. The highest BCUT2D eigenvalue weighted by Crippen LogP contribution is 2.17. The van der Waals surface area contributed by atoms with E-state index in [4.69, 9.17) is 9.84 Å². The van der Waals surface area contributed by atoms with Crippen LogP contribution in [-0.4, -0.2) is 52.6 Å². The minimum atomic E-state index is -1.55. The minimum absolute atomic E-state index is 0.197. The fourth-order valence-corrected chi connectivity index (χ4v) is 1.11. The Morgan fingerprint density at radius 2 is 1.85 bits per heavy atom. The van der Waals surface area contributed by atoms with Crippen molar-refractivity contribution in [1.82, 2.24) is 0 Å². The number of methoxy groups -OCH3 is 1. The van der Waals surface area contributed by atoms with Gasteiger partial charge in [-0.05, 0) is 13.8 Å². The van der Waals surface area contributed by atoms with Crippen LogP contribution in [0, 0.1) is 0 Å². The van der Waals surface area contributed by atoms with Crippen LogP contribution in [0.15, 0.2) is 0 Å². The zero-order chi connectivity index (χ0) is 10.6. The number of hydrogen-bond donors (Lipinski definition) is 3. The standard InChI is InChI=1S/C8H16O5/c1-8(2,12)7(13-3)6(11)5(10)4-9/h4-7,10-12H,1-3H3/t5-,6-,7-/m1/s1. The predicted molar refractivity (Wildman–Crippen MR) is 45.2 cm³/mol. The molecule has 0 bridgehead atoms. The van der Waals surface area contributed by atoms with Crippen molar-refractivity contribution in [2.24, 2.45) is 0 Å². The lowest BCUT2D eigenvalue weighted by atomic mass is 9.94. The van der Waals surface area contributed by atoms with E-state index in [2.05, 4.69) is 0 Å². The third kappa shape index (κ3) is 3.40. The minimum Gasteiger partial charge on any atom is -0.388 e. The molecule has 0 aromatic heterocycles. The monoisotopic (exact) mass is 192 g/mol. The molecule has 3 atom stereocenters. The summed E-state index contributed by atoms with van der Waals surface area (Å²) in [6.07, 6.45) is -3.78. The Labute approximate surface area is 77.0 Å². The Balaban J connectivity index is 4.49. The van der Waals surface area contributed by atoms with Crippen LogP contribution in [0.1, 0.15) is 13.8 Å². The summed E-state index contributed by atoms with van der Waals surface area (Å²) < 4.78 is 4.78. The Hall–Kier alpha value is -0.490. The first kappa shape index (κ1) is 12.5. The molecule has 78 valence electrons. The maximum Gasteiger partial charge on any atom is 0.151 e. The summed E-state index contributed by atoms with van der Waals surface area (Å²) in [7, 11) is 1.28. The third-order valence-electron chi connectivity index (χ3n) is 1.75. The molecule has 0 rings (SSSR count). The van der Waals surface area contributed by atoms with Gasteiger partial charge in [-0.25, -0.2) is 0 Å². The van der Waals surface area contributed by atoms with Crippen LogP contribution in [0.25, 0.3) is 0 Å². The fraction of sp³-hybridized carbons (Fsp3) is 0.875. The first-order valence-corrected chi connectivity index (χ1v) is 3.91. The van der Waals surface area contributed by atoms with E-state index in [0.717, 1.165) is 0 Å². The number of rotatable bonds is 5. The number of hydrogen-bond acceptors (Lipinski definition) is 5. The van der Waals surface area contributed by atoms with Gasteiger partial charge in [0.2, 0.25) is 0 Å². The molecule has 0 radical (unpaired) electrons. The molecule has 5 nitrogen and oxygen atoms in total. The number of carbonyl (C=O) groups is 1. The molecule has 0 spiro atoms. The van der Waals surface area contributed by atoms with E-state index in [1.165, 1.54) is 21.0 Å². The van der Waals surface area contributed by atoms with Crippen molar-refractivity contribution >= 4 is 6.29 Å². The number of ether oxygens (including phenoxy) is 1. The Bertz CT molecular complexity index is 162. The maximum absolute atomic E-state index is 10.1. The van der Waals surface area contributed by atoms with Gasteiger partial charge in [0.1, 0.15) is 18.3 Å². The van der Waals surface area contributed by atoms with Gasteiger partial charge in [0.25, 0.3) is 0 Å². The van der Waals surface area contributed by atoms with E-state index in [1.54, 1.807) is 0 Å². The van der Waals surface area contributed by atoms with Gasteiger partial charge < -0.3 is 24.9 Å². The van der Waals surface area contributed by atoms with Crippen molar-refractivity contribution in [3.05, 3.63) is 0 Å². The van der Waals surface area contributed by atoms with Crippen molar-refractivity contribution in [2.45, 2.75) is 37.8 Å². The van der Waals surface area contributed by atoms with Crippen LogP contribution in [-0.2, 0) is 9.53 Å². The van der Waals surface area contributed by atoms with E-state index >= 15 is 0 Å². The Morgan fingerprint density at radius 1 is 1.38 bits per heavy atom. The van der Waals surface area contributed by atoms with Crippen molar-refractivity contribution < 1.29 is 24.9 Å². The van der Waals surface area contributed by atoms with Gasteiger partial charge in [0, 0.05) is 7.11 Å². The van der Waals surface area contributed by atoms with Gasteiger partial charge in [-0.3, -0.25) is 0 Å². The second-order valence-corrected chi connectivity index (χ2v) is 3.43. The summed E-state index contributed by atoms with van der Waals surface area (Å²) in [6.45, 7) is 2.84. The van der Waals surface area contributed by atoms with E-state index in [9.17, 15) is 15.0 Å². The molecule has 0 unspecified atom stereocenters. The van der Waals surface area contributed by atoms with Gasteiger partial charge in [-0.1, -0.05) is 0 Å². The average Bonchev–Trinajstić information content (AvgIpc) is 2.01. The lowest BCUT2D eigenvalue weighted by molar-refractivity contribution is -0.156. The SMILES string of the molecule is CO[C@H]([C@H](O)[C@H](O)C=O)C(C)(C)O.